The number of nitrogens with one attached hydrogen (secondary N) is 1. The Morgan fingerprint density at radius 2 is 2.12 bits per heavy atom. The second kappa shape index (κ2) is 5.95. The summed E-state index contributed by atoms with van der Waals surface area (Å²) in [5.41, 5.74) is 0.137. The molecular weight excluding hydrogens is 248 g/mol. The first-order chi connectivity index (χ1) is 8.02. The molecule has 0 aliphatic heterocycles. The summed E-state index contributed by atoms with van der Waals surface area (Å²) in [6.45, 7) is 0. The van der Waals surface area contributed by atoms with E-state index in [2.05, 4.69) is 5.32 Å². The number of carbonyl (C=O) groups excluding carboxylic acids is 2. The number of amides is 1. The second-order valence-corrected chi connectivity index (χ2v) is 3.47. The molecule has 7 heteroatoms. The van der Waals surface area contributed by atoms with Gasteiger partial charge in [0.15, 0.2) is 5.78 Å². The van der Waals surface area contributed by atoms with Crippen molar-refractivity contribution in [1.82, 2.24) is 0 Å². The van der Waals surface area contributed by atoms with Gasteiger partial charge in [0.2, 0.25) is 5.91 Å². The van der Waals surface area contributed by atoms with E-state index in [9.17, 15) is 19.7 Å². The molecule has 0 fully saturated rings. The van der Waals surface area contributed by atoms with Gasteiger partial charge in [0.1, 0.15) is 0 Å². The van der Waals surface area contributed by atoms with E-state index in [0.29, 0.717) is 0 Å². The van der Waals surface area contributed by atoms with E-state index in [4.69, 9.17) is 11.6 Å². The monoisotopic (exact) mass is 256 g/mol. The maximum absolute atomic E-state index is 11.3. The number of hydrogen-bond acceptors (Lipinski definition) is 4. The summed E-state index contributed by atoms with van der Waals surface area (Å²) in [7, 11) is 0. The summed E-state index contributed by atoms with van der Waals surface area (Å²) in [6.07, 6.45) is -0.341. The van der Waals surface area contributed by atoms with E-state index in [1.54, 1.807) is 0 Å². The van der Waals surface area contributed by atoms with Crippen LogP contribution in [0.15, 0.2) is 24.3 Å². The summed E-state index contributed by atoms with van der Waals surface area (Å²) < 4.78 is 0. The molecule has 0 heterocycles. The van der Waals surface area contributed by atoms with Gasteiger partial charge in [-0.1, -0.05) is 6.07 Å². The lowest BCUT2D eigenvalue weighted by Crippen LogP contribution is -2.17. The highest BCUT2D eigenvalue weighted by atomic mass is 35.5. The smallest absolute Gasteiger partial charge is 0.271 e. The summed E-state index contributed by atoms with van der Waals surface area (Å²) in [6, 6.07) is 5.45. The van der Waals surface area contributed by atoms with Gasteiger partial charge in [-0.05, 0) is 6.07 Å². The molecule has 0 bridgehead atoms. The predicted molar refractivity (Wildman–Crippen MR) is 62.1 cm³/mol. The van der Waals surface area contributed by atoms with Crippen molar-refractivity contribution in [2.45, 2.75) is 6.42 Å². The van der Waals surface area contributed by atoms with E-state index in [-0.39, 0.29) is 23.7 Å². The molecule has 0 saturated heterocycles. The molecule has 0 aliphatic rings. The lowest BCUT2D eigenvalue weighted by Gasteiger charge is -2.03. The predicted octanol–water partition coefficient (Wildman–Crippen LogP) is 1.73. The zero-order valence-electron chi connectivity index (χ0n) is 8.68. The number of nitro benzene ring substituents is 1. The van der Waals surface area contributed by atoms with Crippen molar-refractivity contribution in [2.24, 2.45) is 0 Å². The lowest BCUT2D eigenvalue weighted by molar-refractivity contribution is -0.384. The third-order valence-electron chi connectivity index (χ3n) is 1.85. The van der Waals surface area contributed by atoms with Crippen molar-refractivity contribution in [3.63, 3.8) is 0 Å². The van der Waals surface area contributed by atoms with Crippen LogP contribution in [0.3, 0.4) is 0 Å². The normalized spacial score (nSPS) is 9.71. The summed E-state index contributed by atoms with van der Waals surface area (Å²) in [5, 5.41) is 12.9. The number of halogens is 1. The molecule has 0 unspecified atom stereocenters. The first-order valence-corrected chi connectivity index (χ1v) is 5.18. The molecule has 1 rings (SSSR count). The lowest BCUT2D eigenvalue weighted by atomic mass is 10.2. The highest BCUT2D eigenvalue weighted by Gasteiger charge is 2.10. The van der Waals surface area contributed by atoms with Crippen molar-refractivity contribution in [1.29, 1.82) is 0 Å². The van der Waals surface area contributed by atoms with Crippen LogP contribution in [0, 0.1) is 10.1 Å². The fourth-order valence-electron chi connectivity index (χ4n) is 1.13. The number of ketones is 1. The molecule has 0 saturated carbocycles. The van der Waals surface area contributed by atoms with Gasteiger partial charge < -0.3 is 5.32 Å². The Hall–Kier alpha value is -1.95. The molecule has 1 N–H and O–H groups in total. The molecule has 0 aromatic heterocycles. The maximum Gasteiger partial charge on any atom is 0.271 e. The number of alkyl halides is 1. The quantitative estimate of drug-likeness (QED) is 0.376. The van der Waals surface area contributed by atoms with Gasteiger partial charge >= 0.3 is 0 Å². The van der Waals surface area contributed by atoms with Gasteiger partial charge in [0.05, 0.1) is 17.2 Å². The zero-order chi connectivity index (χ0) is 12.8. The van der Waals surface area contributed by atoms with Crippen LogP contribution in [0.4, 0.5) is 11.4 Å². The third kappa shape index (κ3) is 4.20. The Morgan fingerprint density at radius 1 is 1.41 bits per heavy atom. The number of anilines is 1. The van der Waals surface area contributed by atoms with Gasteiger partial charge in [0.25, 0.3) is 5.69 Å². The van der Waals surface area contributed by atoms with E-state index in [1.807, 2.05) is 0 Å². The summed E-state index contributed by atoms with van der Waals surface area (Å²) >= 11 is 5.25. The fraction of sp³-hybridized carbons (Fsp3) is 0.200. The van der Waals surface area contributed by atoms with Crippen LogP contribution < -0.4 is 5.32 Å². The molecule has 1 aromatic carbocycles. The molecule has 0 radical (unpaired) electrons. The Kier molecular flexibility index (Phi) is 4.59. The minimum Gasteiger partial charge on any atom is -0.325 e. The van der Waals surface area contributed by atoms with Crippen LogP contribution in [0.5, 0.6) is 0 Å². The van der Waals surface area contributed by atoms with E-state index in [0.717, 1.165) is 0 Å². The van der Waals surface area contributed by atoms with Crippen molar-refractivity contribution < 1.29 is 14.5 Å². The largest absolute Gasteiger partial charge is 0.325 e. The van der Waals surface area contributed by atoms with E-state index >= 15 is 0 Å². The highest BCUT2D eigenvalue weighted by Crippen LogP contribution is 2.17. The van der Waals surface area contributed by atoms with Gasteiger partial charge in [-0.15, -0.1) is 11.6 Å². The Bertz CT molecular complexity index is 461. The molecule has 0 atom stereocenters. The van der Waals surface area contributed by atoms with Gasteiger partial charge in [-0.2, -0.15) is 0 Å². The van der Waals surface area contributed by atoms with Crippen LogP contribution in [-0.2, 0) is 9.59 Å². The maximum atomic E-state index is 11.3. The number of nitro groups is 1. The van der Waals surface area contributed by atoms with E-state index in [1.165, 1.54) is 24.3 Å². The molecule has 1 amide bonds. The average Bonchev–Trinajstić information content (AvgIpc) is 2.28. The van der Waals surface area contributed by atoms with Crippen molar-refractivity contribution >= 4 is 34.7 Å². The first-order valence-electron chi connectivity index (χ1n) is 4.65. The SMILES string of the molecule is O=C(CCl)CC(=O)Nc1cccc([N+](=O)[O-])c1. The van der Waals surface area contributed by atoms with Crippen LogP contribution in [-0.4, -0.2) is 22.5 Å². The number of benzene rings is 1. The molecular formula is C10H9ClN2O4. The van der Waals surface area contributed by atoms with Crippen LogP contribution in [0.1, 0.15) is 6.42 Å². The zero-order valence-corrected chi connectivity index (χ0v) is 9.44. The third-order valence-corrected chi connectivity index (χ3v) is 2.15. The molecule has 0 aliphatic carbocycles. The van der Waals surface area contributed by atoms with Crippen LogP contribution in [0.25, 0.3) is 0 Å². The highest BCUT2D eigenvalue weighted by molar-refractivity contribution is 6.29. The molecule has 6 nitrogen and oxygen atoms in total. The number of nitrogens with zero attached hydrogens (tertiary/aromatic N) is 1. The van der Waals surface area contributed by atoms with Gasteiger partial charge in [0, 0.05) is 17.8 Å². The van der Waals surface area contributed by atoms with Crippen molar-refractivity contribution in [3.05, 3.63) is 34.4 Å². The number of Topliss-reactive ketones (excluding diaryl/α,β-unsaturated/α-hetero) is 1. The fourth-order valence-corrected chi connectivity index (χ4v) is 1.22. The molecule has 90 valence electrons. The summed E-state index contributed by atoms with van der Waals surface area (Å²) in [5.74, 6) is -1.19. The second-order valence-electron chi connectivity index (χ2n) is 3.20. The van der Waals surface area contributed by atoms with Crippen LogP contribution >= 0.6 is 11.6 Å². The Labute approximate surface area is 102 Å². The van der Waals surface area contributed by atoms with Gasteiger partial charge in [-0.25, -0.2) is 0 Å². The minimum atomic E-state index is -0.570. The standard InChI is InChI=1S/C10H9ClN2O4/c11-6-9(14)5-10(15)12-7-2-1-3-8(4-7)13(16)17/h1-4H,5-6H2,(H,12,15). The van der Waals surface area contributed by atoms with Crippen molar-refractivity contribution in [3.8, 4) is 0 Å². The molecule has 17 heavy (non-hydrogen) atoms. The van der Waals surface area contributed by atoms with E-state index < -0.39 is 16.6 Å². The minimum absolute atomic E-state index is 0.133. The number of rotatable bonds is 5. The summed E-state index contributed by atoms with van der Waals surface area (Å²) in [4.78, 5) is 32.1. The molecule has 1 aromatic rings. The van der Waals surface area contributed by atoms with Crippen LogP contribution in [0.2, 0.25) is 0 Å². The topological polar surface area (TPSA) is 89.3 Å². The number of non-ortho nitro benzene ring substituents is 1. The Morgan fingerprint density at radius 3 is 2.71 bits per heavy atom. The van der Waals surface area contributed by atoms with Gasteiger partial charge in [-0.3, -0.25) is 19.7 Å². The average molecular weight is 257 g/mol. The molecule has 0 spiro atoms. The Balaban J connectivity index is 2.68. The van der Waals surface area contributed by atoms with Crippen molar-refractivity contribution in [2.75, 3.05) is 11.2 Å². The number of hydrogen-bond donors (Lipinski definition) is 1. The first kappa shape index (κ1) is 13.1. The number of carbonyl (C=O) groups is 2.